The van der Waals surface area contributed by atoms with Crippen molar-refractivity contribution in [3.05, 3.63) is 70.3 Å². The minimum absolute atomic E-state index is 0.0123. The SMILES string of the molecule is CCCC(C)(C)C(C)(C)Cc1cccc2c1C(=O)c1ccccc1C2=O. The third kappa shape index (κ3) is 2.92. The Morgan fingerprint density at radius 2 is 1.31 bits per heavy atom. The average Bonchev–Trinajstić information content (AvgIpc) is 2.59. The van der Waals surface area contributed by atoms with E-state index in [9.17, 15) is 9.59 Å². The van der Waals surface area contributed by atoms with Crippen molar-refractivity contribution in [2.45, 2.75) is 53.9 Å². The fourth-order valence-electron chi connectivity index (χ4n) is 4.04. The Labute approximate surface area is 156 Å². The molecule has 2 aromatic carbocycles. The molecule has 0 saturated heterocycles. The highest BCUT2D eigenvalue weighted by Gasteiger charge is 2.38. The lowest BCUT2D eigenvalue weighted by Crippen LogP contribution is -2.35. The van der Waals surface area contributed by atoms with Gasteiger partial charge in [0.25, 0.3) is 0 Å². The first-order chi connectivity index (χ1) is 12.2. The van der Waals surface area contributed by atoms with Crippen LogP contribution >= 0.6 is 0 Å². The summed E-state index contributed by atoms with van der Waals surface area (Å²) in [5.41, 5.74) is 3.36. The predicted octanol–water partition coefficient (Wildman–Crippen LogP) is 5.86. The monoisotopic (exact) mass is 348 g/mol. The molecule has 1 aliphatic carbocycles. The lowest BCUT2D eigenvalue weighted by Gasteiger charge is -2.42. The average molecular weight is 348 g/mol. The fraction of sp³-hybridized carbons (Fsp3) is 0.417. The van der Waals surface area contributed by atoms with Gasteiger partial charge in [-0.05, 0) is 29.2 Å². The van der Waals surface area contributed by atoms with Crippen LogP contribution < -0.4 is 0 Å². The molecule has 0 aliphatic heterocycles. The number of hydrogen-bond donors (Lipinski definition) is 0. The normalized spacial score (nSPS) is 14.2. The van der Waals surface area contributed by atoms with E-state index in [0.717, 1.165) is 24.8 Å². The van der Waals surface area contributed by atoms with Crippen LogP contribution in [0.25, 0.3) is 0 Å². The van der Waals surface area contributed by atoms with Crippen LogP contribution in [0.3, 0.4) is 0 Å². The van der Waals surface area contributed by atoms with Crippen molar-refractivity contribution in [2.24, 2.45) is 10.8 Å². The van der Waals surface area contributed by atoms with Crippen LogP contribution in [0, 0.1) is 10.8 Å². The molecule has 2 nitrogen and oxygen atoms in total. The van der Waals surface area contributed by atoms with Gasteiger partial charge in [-0.25, -0.2) is 0 Å². The molecule has 0 N–H and O–H groups in total. The Morgan fingerprint density at radius 1 is 0.731 bits per heavy atom. The van der Waals surface area contributed by atoms with Crippen molar-refractivity contribution in [1.82, 2.24) is 0 Å². The molecule has 26 heavy (non-hydrogen) atoms. The van der Waals surface area contributed by atoms with E-state index in [1.807, 2.05) is 24.3 Å². The number of fused-ring (bicyclic) bond motifs is 2. The second-order valence-electron chi connectivity index (χ2n) is 8.74. The van der Waals surface area contributed by atoms with Gasteiger partial charge < -0.3 is 0 Å². The number of ketones is 2. The van der Waals surface area contributed by atoms with Crippen LogP contribution in [-0.4, -0.2) is 11.6 Å². The first-order valence-electron chi connectivity index (χ1n) is 9.50. The molecule has 0 radical (unpaired) electrons. The predicted molar refractivity (Wildman–Crippen MR) is 106 cm³/mol. The molecule has 0 saturated carbocycles. The molecule has 0 bridgehead atoms. The summed E-state index contributed by atoms with van der Waals surface area (Å²) in [7, 11) is 0. The molecule has 0 unspecified atom stereocenters. The smallest absolute Gasteiger partial charge is 0.194 e. The van der Waals surface area contributed by atoms with Crippen LogP contribution in [0.15, 0.2) is 42.5 Å². The Bertz CT molecular complexity index is 872. The first-order valence-corrected chi connectivity index (χ1v) is 9.50. The summed E-state index contributed by atoms with van der Waals surface area (Å²) < 4.78 is 0. The van der Waals surface area contributed by atoms with Gasteiger partial charge in [-0.3, -0.25) is 9.59 Å². The van der Waals surface area contributed by atoms with Crippen molar-refractivity contribution < 1.29 is 9.59 Å². The molecule has 0 amide bonds. The van der Waals surface area contributed by atoms with Gasteiger partial charge in [0.1, 0.15) is 0 Å². The third-order valence-electron chi connectivity index (χ3n) is 6.38. The van der Waals surface area contributed by atoms with Crippen molar-refractivity contribution >= 4 is 11.6 Å². The highest BCUT2D eigenvalue weighted by molar-refractivity contribution is 6.28. The summed E-state index contributed by atoms with van der Waals surface area (Å²) in [6, 6.07) is 12.9. The summed E-state index contributed by atoms with van der Waals surface area (Å²) >= 11 is 0. The minimum Gasteiger partial charge on any atom is -0.289 e. The second kappa shape index (κ2) is 6.50. The molecule has 0 fully saturated rings. The zero-order valence-corrected chi connectivity index (χ0v) is 16.5. The number of hydrogen-bond acceptors (Lipinski definition) is 2. The van der Waals surface area contributed by atoms with Crippen molar-refractivity contribution in [3.63, 3.8) is 0 Å². The Kier molecular flexibility index (Phi) is 4.64. The maximum Gasteiger partial charge on any atom is 0.194 e. The lowest BCUT2D eigenvalue weighted by atomic mass is 9.62. The molecule has 3 rings (SSSR count). The van der Waals surface area contributed by atoms with Gasteiger partial charge in [0.05, 0.1) is 0 Å². The van der Waals surface area contributed by atoms with Gasteiger partial charge in [-0.15, -0.1) is 0 Å². The van der Waals surface area contributed by atoms with Crippen LogP contribution in [0.4, 0.5) is 0 Å². The van der Waals surface area contributed by atoms with E-state index in [1.165, 1.54) is 0 Å². The molecule has 2 heteroatoms. The van der Waals surface area contributed by atoms with Crippen LogP contribution in [0.1, 0.15) is 84.9 Å². The molecule has 136 valence electrons. The van der Waals surface area contributed by atoms with Gasteiger partial charge in [0.2, 0.25) is 0 Å². The molecule has 2 aromatic rings. The van der Waals surface area contributed by atoms with E-state index in [1.54, 1.807) is 18.2 Å². The molecular weight excluding hydrogens is 320 g/mol. The quantitative estimate of drug-likeness (QED) is 0.579. The van der Waals surface area contributed by atoms with E-state index in [-0.39, 0.29) is 22.4 Å². The number of carbonyl (C=O) groups is 2. The molecule has 0 spiro atoms. The van der Waals surface area contributed by atoms with E-state index in [2.05, 4.69) is 34.6 Å². The summed E-state index contributed by atoms with van der Waals surface area (Å²) in [5, 5.41) is 0. The van der Waals surface area contributed by atoms with Gasteiger partial charge >= 0.3 is 0 Å². The standard InChI is InChI=1S/C24H28O2/c1-6-14-23(2,3)24(4,5)15-16-10-9-13-19-20(16)22(26)18-12-8-7-11-17(18)21(19)25/h7-13H,6,14-15H2,1-5H3. The molecule has 1 aliphatic rings. The van der Waals surface area contributed by atoms with Gasteiger partial charge in [0, 0.05) is 22.3 Å². The first kappa shape index (κ1) is 18.6. The van der Waals surface area contributed by atoms with E-state index in [4.69, 9.17) is 0 Å². The minimum atomic E-state index is -0.0392. The largest absolute Gasteiger partial charge is 0.289 e. The zero-order chi connectivity index (χ0) is 19.1. The highest BCUT2D eigenvalue weighted by atomic mass is 16.1. The van der Waals surface area contributed by atoms with Crippen LogP contribution in [-0.2, 0) is 6.42 Å². The summed E-state index contributed by atoms with van der Waals surface area (Å²) in [6.07, 6.45) is 3.04. The third-order valence-corrected chi connectivity index (χ3v) is 6.38. The highest BCUT2D eigenvalue weighted by Crippen LogP contribution is 2.45. The number of rotatable bonds is 5. The molecular formula is C24H28O2. The van der Waals surface area contributed by atoms with Gasteiger partial charge in [-0.2, -0.15) is 0 Å². The van der Waals surface area contributed by atoms with E-state index < -0.39 is 0 Å². The fourth-order valence-corrected chi connectivity index (χ4v) is 4.04. The van der Waals surface area contributed by atoms with Crippen molar-refractivity contribution in [1.29, 1.82) is 0 Å². The van der Waals surface area contributed by atoms with Crippen LogP contribution in [0.2, 0.25) is 0 Å². The second-order valence-corrected chi connectivity index (χ2v) is 8.74. The number of benzene rings is 2. The lowest BCUT2D eigenvalue weighted by molar-refractivity contribution is 0.0940. The topological polar surface area (TPSA) is 34.1 Å². The Hall–Kier alpha value is -2.22. The molecule has 0 atom stereocenters. The van der Waals surface area contributed by atoms with Crippen molar-refractivity contribution in [3.8, 4) is 0 Å². The van der Waals surface area contributed by atoms with E-state index >= 15 is 0 Å². The Balaban J connectivity index is 2.08. The molecule has 0 heterocycles. The summed E-state index contributed by atoms with van der Waals surface area (Å²) in [5.74, 6) is -0.0578. The van der Waals surface area contributed by atoms with Gasteiger partial charge in [0.15, 0.2) is 11.6 Å². The van der Waals surface area contributed by atoms with Gasteiger partial charge in [-0.1, -0.05) is 83.5 Å². The summed E-state index contributed by atoms with van der Waals surface area (Å²) in [4.78, 5) is 26.1. The van der Waals surface area contributed by atoms with Crippen LogP contribution in [0.5, 0.6) is 0 Å². The number of carbonyl (C=O) groups excluding carboxylic acids is 2. The maximum atomic E-state index is 13.2. The molecule has 0 aromatic heterocycles. The maximum absolute atomic E-state index is 13.2. The Morgan fingerprint density at radius 3 is 1.92 bits per heavy atom. The van der Waals surface area contributed by atoms with E-state index in [0.29, 0.717) is 22.3 Å². The van der Waals surface area contributed by atoms with Crippen molar-refractivity contribution in [2.75, 3.05) is 0 Å². The zero-order valence-electron chi connectivity index (χ0n) is 16.5. The summed E-state index contributed by atoms with van der Waals surface area (Å²) in [6.45, 7) is 11.3.